The van der Waals surface area contributed by atoms with Gasteiger partial charge in [-0.2, -0.15) is 0 Å². The maximum absolute atomic E-state index is 12.5. The molecule has 0 unspecified atom stereocenters. The van der Waals surface area contributed by atoms with Crippen LogP contribution in [0.25, 0.3) is 0 Å². The molecule has 0 radical (unpaired) electrons. The molecule has 1 fully saturated rings. The van der Waals surface area contributed by atoms with Gasteiger partial charge in [-0.25, -0.2) is 4.79 Å². The van der Waals surface area contributed by atoms with E-state index in [9.17, 15) is 19.5 Å². The number of aliphatic hydroxyl groups is 1. The summed E-state index contributed by atoms with van der Waals surface area (Å²) in [5, 5.41) is 12.5. The van der Waals surface area contributed by atoms with Gasteiger partial charge in [0.25, 0.3) is 11.5 Å². The molecule has 9 heteroatoms. The second kappa shape index (κ2) is 8.51. The lowest BCUT2D eigenvalue weighted by Gasteiger charge is -2.18. The third-order valence-electron chi connectivity index (χ3n) is 4.90. The number of amides is 1. The van der Waals surface area contributed by atoms with Crippen molar-refractivity contribution >= 4 is 5.91 Å². The number of aryl methyl sites for hydroxylation is 1. The van der Waals surface area contributed by atoms with Crippen LogP contribution < -0.4 is 22.3 Å². The van der Waals surface area contributed by atoms with Gasteiger partial charge in [0.1, 0.15) is 12.3 Å². The lowest BCUT2D eigenvalue weighted by atomic mass is 10.0. The van der Waals surface area contributed by atoms with Crippen molar-refractivity contribution in [2.75, 3.05) is 6.61 Å². The number of carbonyl (C=O) groups excluding carboxylic acids is 1. The highest BCUT2D eigenvalue weighted by Crippen LogP contribution is 2.27. The minimum Gasteiger partial charge on any atom is -0.394 e. The summed E-state index contributed by atoms with van der Waals surface area (Å²) in [5.41, 5.74) is 4.26. The Morgan fingerprint density at radius 2 is 2.11 bits per heavy atom. The first-order valence-corrected chi connectivity index (χ1v) is 9.14. The summed E-state index contributed by atoms with van der Waals surface area (Å²) in [7, 11) is 0. The average molecular weight is 389 g/mol. The van der Waals surface area contributed by atoms with Crippen molar-refractivity contribution in [3.8, 4) is 0 Å². The second-order valence-corrected chi connectivity index (χ2v) is 7.03. The summed E-state index contributed by atoms with van der Waals surface area (Å²) in [4.78, 5) is 38.4. The molecule has 28 heavy (non-hydrogen) atoms. The van der Waals surface area contributed by atoms with E-state index in [2.05, 4.69) is 16.0 Å². The summed E-state index contributed by atoms with van der Waals surface area (Å²) in [6, 6.07) is 8.61. The molecule has 0 saturated carbocycles. The Labute approximate surface area is 161 Å². The monoisotopic (exact) mass is 389 g/mol. The Kier molecular flexibility index (Phi) is 6.08. The number of hydrogen-bond acceptors (Lipinski definition) is 5. The zero-order valence-electron chi connectivity index (χ0n) is 15.6. The van der Waals surface area contributed by atoms with Crippen LogP contribution in [0.5, 0.6) is 0 Å². The van der Waals surface area contributed by atoms with Crippen LogP contribution in [-0.4, -0.2) is 45.4 Å². The minimum absolute atomic E-state index is 0.249. The third kappa shape index (κ3) is 4.38. The average Bonchev–Trinajstić information content (AvgIpc) is 3.08. The van der Waals surface area contributed by atoms with Crippen molar-refractivity contribution in [2.45, 2.75) is 44.2 Å². The molecule has 6 N–H and O–H groups in total. The largest absolute Gasteiger partial charge is 0.394 e. The predicted octanol–water partition coefficient (Wildman–Crippen LogP) is -1.54. The van der Waals surface area contributed by atoms with E-state index in [-0.39, 0.29) is 12.5 Å². The standard InChI is InChI=1S/C19H24N4O5/c1-11-9-23(19(27)22-17(11)25)16-8-14(15(10-24)28-16)21-18(26)13(20)7-12-5-3-2-4-6-12/h2-6,9,13-16,24H,7-8,10,20H2,1H3,(H,21,26)(H,22,25,27)/p+1/t13-,14-,15+,16-/m0/s1. The van der Waals surface area contributed by atoms with Crippen LogP contribution in [0.3, 0.4) is 0 Å². The number of nitrogens with zero attached hydrogens (tertiary/aromatic N) is 1. The summed E-state index contributed by atoms with van der Waals surface area (Å²) < 4.78 is 7.01. The van der Waals surface area contributed by atoms with Gasteiger partial charge >= 0.3 is 5.69 Å². The van der Waals surface area contributed by atoms with Gasteiger partial charge in [0.2, 0.25) is 0 Å². The third-order valence-corrected chi connectivity index (χ3v) is 4.90. The SMILES string of the molecule is Cc1cn([C@@H]2C[C@H](NC(=O)[C@@H]([NH3+])Cc3ccccc3)[C@@H](CO)O2)c(=O)[nH]c1=O. The fraction of sp³-hybridized carbons (Fsp3) is 0.421. The number of carbonyl (C=O) groups is 1. The number of aromatic nitrogens is 2. The summed E-state index contributed by atoms with van der Waals surface area (Å²) in [6.45, 7) is 1.28. The van der Waals surface area contributed by atoms with Gasteiger partial charge in [-0.15, -0.1) is 0 Å². The molecule has 4 atom stereocenters. The van der Waals surface area contributed by atoms with E-state index in [0.717, 1.165) is 5.56 Å². The number of hydrogen-bond donors (Lipinski definition) is 4. The highest BCUT2D eigenvalue weighted by atomic mass is 16.5. The summed E-state index contributed by atoms with van der Waals surface area (Å²) in [5.74, 6) is -0.249. The molecular weight excluding hydrogens is 364 g/mol. The topological polar surface area (TPSA) is 141 Å². The molecule has 1 aromatic carbocycles. The van der Waals surface area contributed by atoms with Gasteiger partial charge in [0.15, 0.2) is 6.04 Å². The molecule has 1 aliphatic heterocycles. The molecule has 1 aromatic heterocycles. The van der Waals surface area contributed by atoms with Crippen LogP contribution in [0.2, 0.25) is 0 Å². The van der Waals surface area contributed by atoms with Gasteiger partial charge in [-0.1, -0.05) is 30.3 Å². The molecule has 2 aromatic rings. The van der Waals surface area contributed by atoms with Gasteiger partial charge < -0.3 is 20.9 Å². The van der Waals surface area contributed by atoms with E-state index < -0.39 is 35.7 Å². The normalized spacial score (nSPS) is 22.8. The van der Waals surface area contributed by atoms with E-state index in [4.69, 9.17) is 4.74 Å². The number of ether oxygens (including phenoxy) is 1. The van der Waals surface area contributed by atoms with Crippen LogP contribution in [0.4, 0.5) is 0 Å². The van der Waals surface area contributed by atoms with E-state index in [1.165, 1.54) is 10.8 Å². The zero-order chi connectivity index (χ0) is 20.3. The van der Waals surface area contributed by atoms with E-state index >= 15 is 0 Å². The number of benzene rings is 1. The van der Waals surface area contributed by atoms with Crippen LogP contribution in [0.1, 0.15) is 23.8 Å². The maximum atomic E-state index is 12.5. The smallest absolute Gasteiger partial charge is 0.330 e. The number of nitrogens with one attached hydrogen (secondary N) is 2. The molecule has 3 rings (SSSR count). The molecule has 2 heterocycles. The van der Waals surface area contributed by atoms with Crippen molar-refractivity contribution in [3.05, 3.63) is 68.5 Å². The van der Waals surface area contributed by atoms with Crippen molar-refractivity contribution in [3.63, 3.8) is 0 Å². The number of quaternary nitrogens is 1. The Morgan fingerprint density at radius 1 is 1.39 bits per heavy atom. The highest BCUT2D eigenvalue weighted by molar-refractivity contribution is 5.80. The first-order chi connectivity index (χ1) is 13.4. The first kappa shape index (κ1) is 20.0. The maximum Gasteiger partial charge on any atom is 0.330 e. The minimum atomic E-state index is -0.692. The lowest BCUT2D eigenvalue weighted by Crippen LogP contribution is -2.69. The quantitative estimate of drug-likeness (QED) is 0.474. The molecule has 1 amide bonds. The first-order valence-electron chi connectivity index (χ1n) is 9.14. The van der Waals surface area contributed by atoms with Gasteiger partial charge in [-0.3, -0.25) is 19.1 Å². The van der Waals surface area contributed by atoms with Crippen LogP contribution in [-0.2, 0) is 16.0 Å². The molecular formula is C19H25N4O5+. The fourth-order valence-corrected chi connectivity index (χ4v) is 3.31. The lowest BCUT2D eigenvalue weighted by molar-refractivity contribution is -0.403. The van der Waals surface area contributed by atoms with Crippen molar-refractivity contribution in [2.24, 2.45) is 0 Å². The molecule has 9 nitrogen and oxygen atoms in total. The van der Waals surface area contributed by atoms with Crippen LogP contribution in [0.15, 0.2) is 46.1 Å². The molecule has 1 aliphatic rings. The van der Waals surface area contributed by atoms with E-state index in [0.29, 0.717) is 18.4 Å². The summed E-state index contributed by atoms with van der Waals surface area (Å²) in [6.07, 6.45) is 0.858. The van der Waals surface area contributed by atoms with Crippen molar-refractivity contribution in [1.82, 2.24) is 14.9 Å². The Morgan fingerprint density at radius 3 is 2.79 bits per heavy atom. The molecule has 0 spiro atoms. The molecule has 1 saturated heterocycles. The summed E-state index contributed by atoms with van der Waals surface area (Å²) >= 11 is 0. The van der Waals surface area contributed by atoms with Crippen LogP contribution >= 0.6 is 0 Å². The van der Waals surface area contributed by atoms with Gasteiger partial charge in [0, 0.05) is 24.6 Å². The number of aromatic amines is 1. The van der Waals surface area contributed by atoms with Gasteiger partial charge in [0.05, 0.1) is 12.6 Å². The second-order valence-electron chi connectivity index (χ2n) is 7.03. The van der Waals surface area contributed by atoms with E-state index in [1.807, 2.05) is 30.3 Å². The number of rotatable bonds is 6. The fourth-order valence-electron chi connectivity index (χ4n) is 3.31. The van der Waals surface area contributed by atoms with E-state index in [1.54, 1.807) is 6.92 Å². The van der Waals surface area contributed by atoms with Crippen molar-refractivity contribution < 1.29 is 20.4 Å². The molecule has 150 valence electrons. The van der Waals surface area contributed by atoms with Gasteiger partial charge in [-0.05, 0) is 12.5 Å². The predicted molar refractivity (Wildman–Crippen MR) is 100 cm³/mol. The molecule has 0 bridgehead atoms. The Balaban J connectivity index is 1.68. The van der Waals surface area contributed by atoms with Crippen molar-refractivity contribution in [1.29, 1.82) is 0 Å². The highest BCUT2D eigenvalue weighted by Gasteiger charge is 2.38. The number of aliphatic hydroxyl groups excluding tert-OH is 1. The number of H-pyrrole nitrogens is 1. The zero-order valence-corrected chi connectivity index (χ0v) is 15.6. The molecule has 0 aliphatic carbocycles. The Bertz CT molecular complexity index is 939. The van der Waals surface area contributed by atoms with Crippen LogP contribution in [0, 0.1) is 6.92 Å². The Hall–Kier alpha value is -2.75.